The van der Waals surface area contributed by atoms with Crippen molar-refractivity contribution in [1.82, 2.24) is 15.1 Å². The number of carbonyl (C=O) groups is 1. The average molecular weight is 445 g/mol. The van der Waals surface area contributed by atoms with Crippen molar-refractivity contribution in [3.8, 4) is 0 Å². The summed E-state index contributed by atoms with van der Waals surface area (Å²) in [6.45, 7) is 7.64. The summed E-state index contributed by atoms with van der Waals surface area (Å²) in [6, 6.07) is 13.5. The Morgan fingerprint density at radius 3 is 2.35 bits per heavy atom. The van der Waals surface area contributed by atoms with Crippen LogP contribution in [-0.2, 0) is 10.0 Å². The van der Waals surface area contributed by atoms with Gasteiger partial charge in [-0.15, -0.1) is 0 Å². The fourth-order valence-electron chi connectivity index (χ4n) is 3.61. The Labute approximate surface area is 185 Å². The van der Waals surface area contributed by atoms with Gasteiger partial charge in [-0.2, -0.15) is 0 Å². The Morgan fingerprint density at radius 2 is 1.68 bits per heavy atom. The number of likely N-dealkylation sites (N-methyl/N-ethyl adjacent to an activating group) is 1. The Bertz CT molecular complexity index is 984. The number of nitrogens with one attached hydrogen (secondary N) is 1. The largest absolute Gasteiger partial charge is 0.352 e. The molecule has 1 amide bonds. The van der Waals surface area contributed by atoms with E-state index in [0.717, 1.165) is 44.7 Å². The zero-order chi connectivity index (χ0) is 22.4. The molecule has 1 fully saturated rings. The third-order valence-electron chi connectivity index (χ3n) is 5.70. The standard InChI is InChI=1S/C23H32N4O3S/c1-19-9-11-20(12-10-19)31(29,30)26(3)22-8-5-4-7-21(22)23(28)24-13-6-14-27-17-15-25(2)16-18-27/h4-5,7-12H,6,13-18H2,1-3H3,(H,24,28). The monoisotopic (exact) mass is 444 g/mol. The van der Waals surface area contributed by atoms with Crippen molar-refractivity contribution >= 4 is 21.6 Å². The highest BCUT2D eigenvalue weighted by Crippen LogP contribution is 2.25. The number of hydrogen-bond donors (Lipinski definition) is 1. The Kier molecular flexibility index (Phi) is 7.69. The number of anilines is 1. The second-order valence-corrected chi connectivity index (χ2v) is 10.0. The first-order valence-corrected chi connectivity index (χ1v) is 12.1. The molecule has 31 heavy (non-hydrogen) atoms. The number of hydrogen-bond acceptors (Lipinski definition) is 5. The summed E-state index contributed by atoms with van der Waals surface area (Å²) < 4.78 is 27.3. The van der Waals surface area contributed by atoms with Gasteiger partial charge in [-0.25, -0.2) is 8.42 Å². The van der Waals surface area contributed by atoms with E-state index in [1.165, 1.54) is 11.4 Å². The van der Waals surface area contributed by atoms with Crippen molar-refractivity contribution in [2.45, 2.75) is 18.2 Å². The van der Waals surface area contributed by atoms with Gasteiger partial charge in [0.1, 0.15) is 0 Å². The molecule has 2 aromatic rings. The second-order valence-electron chi connectivity index (χ2n) is 8.06. The summed E-state index contributed by atoms with van der Waals surface area (Å²) in [7, 11) is -0.155. The lowest BCUT2D eigenvalue weighted by atomic mass is 10.1. The Balaban J connectivity index is 1.63. The van der Waals surface area contributed by atoms with Gasteiger partial charge in [0.05, 0.1) is 16.1 Å². The lowest BCUT2D eigenvalue weighted by Crippen LogP contribution is -2.45. The van der Waals surface area contributed by atoms with Gasteiger partial charge in [0.15, 0.2) is 0 Å². The van der Waals surface area contributed by atoms with E-state index in [9.17, 15) is 13.2 Å². The van der Waals surface area contributed by atoms with Gasteiger partial charge in [-0.3, -0.25) is 9.10 Å². The number of nitrogens with zero attached hydrogens (tertiary/aromatic N) is 3. The average Bonchev–Trinajstić information content (AvgIpc) is 2.77. The van der Waals surface area contributed by atoms with Gasteiger partial charge >= 0.3 is 0 Å². The van der Waals surface area contributed by atoms with Crippen molar-refractivity contribution in [3.63, 3.8) is 0 Å². The van der Waals surface area contributed by atoms with Crippen molar-refractivity contribution in [3.05, 3.63) is 59.7 Å². The Hall–Kier alpha value is -2.42. The van der Waals surface area contributed by atoms with E-state index in [-0.39, 0.29) is 10.8 Å². The normalized spacial score (nSPS) is 15.6. The summed E-state index contributed by atoms with van der Waals surface area (Å²) in [4.78, 5) is 17.7. The lowest BCUT2D eigenvalue weighted by molar-refractivity contribution is 0.0950. The zero-order valence-corrected chi connectivity index (χ0v) is 19.4. The van der Waals surface area contributed by atoms with Crippen LogP contribution in [0.3, 0.4) is 0 Å². The molecule has 1 aliphatic rings. The number of sulfonamides is 1. The predicted molar refractivity (Wildman–Crippen MR) is 124 cm³/mol. The molecule has 1 N–H and O–H groups in total. The quantitative estimate of drug-likeness (QED) is 0.632. The molecule has 0 bridgehead atoms. The van der Waals surface area contributed by atoms with Crippen LogP contribution in [0.2, 0.25) is 0 Å². The third-order valence-corrected chi connectivity index (χ3v) is 7.49. The molecular formula is C23H32N4O3S. The molecule has 0 radical (unpaired) electrons. The minimum Gasteiger partial charge on any atom is -0.352 e. The van der Waals surface area contributed by atoms with E-state index in [4.69, 9.17) is 0 Å². The van der Waals surface area contributed by atoms with Crippen molar-refractivity contribution in [2.75, 3.05) is 57.7 Å². The highest BCUT2D eigenvalue weighted by molar-refractivity contribution is 7.92. The molecule has 0 atom stereocenters. The van der Waals surface area contributed by atoms with Crippen LogP contribution in [0.4, 0.5) is 5.69 Å². The van der Waals surface area contributed by atoms with Crippen LogP contribution in [0.1, 0.15) is 22.3 Å². The van der Waals surface area contributed by atoms with Crippen molar-refractivity contribution in [2.24, 2.45) is 0 Å². The van der Waals surface area contributed by atoms with E-state index in [0.29, 0.717) is 17.8 Å². The highest BCUT2D eigenvalue weighted by atomic mass is 32.2. The predicted octanol–water partition coefficient (Wildman–Crippen LogP) is 2.19. The molecular weight excluding hydrogens is 412 g/mol. The molecule has 1 saturated heterocycles. The molecule has 1 aliphatic heterocycles. The minimum atomic E-state index is -3.77. The summed E-state index contributed by atoms with van der Waals surface area (Å²) in [5.41, 5.74) is 1.69. The fraction of sp³-hybridized carbons (Fsp3) is 0.435. The summed E-state index contributed by atoms with van der Waals surface area (Å²) in [5.74, 6) is -0.264. The first-order valence-electron chi connectivity index (χ1n) is 10.6. The number of benzene rings is 2. The van der Waals surface area contributed by atoms with Gasteiger partial charge < -0.3 is 15.1 Å². The fourth-order valence-corrected chi connectivity index (χ4v) is 4.82. The second kappa shape index (κ2) is 10.3. The van der Waals surface area contributed by atoms with E-state index >= 15 is 0 Å². The molecule has 7 nitrogen and oxygen atoms in total. The molecule has 2 aromatic carbocycles. The van der Waals surface area contributed by atoms with Crippen LogP contribution in [0.15, 0.2) is 53.4 Å². The number of piperazine rings is 1. The molecule has 168 valence electrons. The van der Waals surface area contributed by atoms with Crippen LogP contribution >= 0.6 is 0 Å². The van der Waals surface area contributed by atoms with E-state index < -0.39 is 10.0 Å². The van der Waals surface area contributed by atoms with E-state index in [2.05, 4.69) is 22.2 Å². The summed E-state index contributed by atoms with van der Waals surface area (Å²) in [5, 5.41) is 2.94. The molecule has 8 heteroatoms. The topological polar surface area (TPSA) is 73.0 Å². The molecule has 0 unspecified atom stereocenters. The minimum absolute atomic E-state index is 0.197. The van der Waals surface area contributed by atoms with Gasteiger partial charge in [0, 0.05) is 39.8 Å². The SMILES string of the molecule is Cc1ccc(S(=O)(=O)N(C)c2ccccc2C(=O)NCCCN2CCN(C)CC2)cc1. The first kappa shape index (κ1) is 23.2. The zero-order valence-electron chi connectivity index (χ0n) is 18.5. The molecule has 3 rings (SSSR count). The Morgan fingerprint density at radius 1 is 1.03 bits per heavy atom. The van der Waals surface area contributed by atoms with E-state index in [1.54, 1.807) is 48.5 Å². The van der Waals surface area contributed by atoms with Crippen molar-refractivity contribution < 1.29 is 13.2 Å². The maximum absolute atomic E-state index is 13.1. The number of para-hydroxylation sites is 1. The van der Waals surface area contributed by atoms with Gasteiger partial charge in [0.25, 0.3) is 15.9 Å². The van der Waals surface area contributed by atoms with Crippen LogP contribution < -0.4 is 9.62 Å². The molecule has 0 spiro atoms. The molecule has 0 aliphatic carbocycles. The van der Waals surface area contributed by atoms with Gasteiger partial charge in [-0.1, -0.05) is 29.8 Å². The molecule has 0 saturated carbocycles. The summed E-state index contributed by atoms with van der Waals surface area (Å²) in [6.07, 6.45) is 0.856. The molecule has 1 heterocycles. The van der Waals surface area contributed by atoms with Crippen LogP contribution in [0.25, 0.3) is 0 Å². The van der Waals surface area contributed by atoms with Crippen LogP contribution in [0.5, 0.6) is 0 Å². The highest BCUT2D eigenvalue weighted by Gasteiger charge is 2.25. The van der Waals surface area contributed by atoms with Crippen LogP contribution in [0, 0.1) is 6.92 Å². The third kappa shape index (κ3) is 5.84. The van der Waals surface area contributed by atoms with E-state index in [1.807, 2.05) is 6.92 Å². The number of rotatable bonds is 8. The number of amides is 1. The number of aryl methyl sites for hydroxylation is 1. The van der Waals surface area contributed by atoms with Crippen molar-refractivity contribution in [1.29, 1.82) is 0 Å². The van der Waals surface area contributed by atoms with Crippen LogP contribution in [-0.4, -0.2) is 77.5 Å². The van der Waals surface area contributed by atoms with Gasteiger partial charge in [0.2, 0.25) is 0 Å². The maximum Gasteiger partial charge on any atom is 0.264 e. The van der Waals surface area contributed by atoms with Gasteiger partial charge in [-0.05, 0) is 51.2 Å². The first-order chi connectivity index (χ1) is 14.8. The summed E-state index contributed by atoms with van der Waals surface area (Å²) >= 11 is 0. The maximum atomic E-state index is 13.1. The smallest absolute Gasteiger partial charge is 0.264 e. The molecule has 0 aromatic heterocycles. The lowest BCUT2D eigenvalue weighted by Gasteiger charge is -2.32. The number of carbonyl (C=O) groups excluding carboxylic acids is 1.